The summed E-state index contributed by atoms with van der Waals surface area (Å²) >= 11 is 0. The van der Waals surface area contributed by atoms with Gasteiger partial charge in [-0.25, -0.2) is 8.78 Å². The van der Waals surface area contributed by atoms with Crippen LogP contribution in [0, 0.1) is 11.6 Å². The van der Waals surface area contributed by atoms with Gasteiger partial charge in [0, 0.05) is 18.7 Å². The zero-order valence-corrected chi connectivity index (χ0v) is 12.1. The summed E-state index contributed by atoms with van der Waals surface area (Å²) in [5, 5.41) is 0. The predicted molar refractivity (Wildman–Crippen MR) is 73.2 cm³/mol. The fourth-order valence-electron chi connectivity index (χ4n) is 2.48. The first-order chi connectivity index (χ1) is 9.95. The fraction of sp³-hybridized carbons (Fsp3) is 0.467. The molecule has 6 heteroatoms. The van der Waals surface area contributed by atoms with Crippen molar-refractivity contribution < 1.29 is 18.4 Å². The van der Waals surface area contributed by atoms with Crippen LogP contribution < -0.4 is 0 Å². The van der Waals surface area contributed by atoms with Gasteiger partial charge in [-0.2, -0.15) is 0 Å². The zero-order chi connectivity index (χ0) is 15.6. The van der Waals surface area contributed by atoms with Crippen molar-refractivity contribution >= 4 is 11.8 Å². The third-order valence-corrected chi connectivity index (χ3v) is 3.65. The summed E-state index contributed by atoms with van der Waals surface area (Å²) in [5.74, 6) is -2.34. The van der Waals surface area contributed by atoms with Crippen LogP contribution in [0.4, 0.5) is 8.78 Å². The number of carbonyl (C=O) groups is 2. The van der Waals surface area contributed by atoms with Gasteiger partial charge >= 0.3 is 0 Å². The van der Waals surface area contributed by atoms with Crippen LogP contribution in [0.5, 0.6) is 0 Å². The van der Waals surface area contributed by atoms with Gasteiger partial charge in [-0.05, 0) is 19.4 Å². The Morgan fingerprint density at radius 3 is 2.67 bits per heavy atom. The highest BCUT2D eigenvalue weighted by Crippen LogP contribution is 2.19. The van der Waals surface area contributed by atoms with Gasteiger partial charge in [0.25, 0.3) is 0 Å². The van der Waals surface area contributed by atoms with Crippen molar-refractivity contribution in [3.8, 4) is 0 Å². The Hall–Kier alpha value is -1.98. The van der Waals surface area contributed by atoms with Gasteiger partial charge in [0.2, 0.25) is 11.8 Å². The molecule has 0 unspecified atom stereocenters. The van der Waals surface area contributed by atoms with Gasteiger partial charge in [0.1, 0.15) is 6.04 Å². The van der Waals surface area contributed by atoms with E-state index in [1.165, 1.54) is 21.9 Å². The Morgan fingerprint density at radius 1 is 1.29 bits per heavy atom. The van der Waals surface area contributed by atoms with E-state index in [0.717, 1.165) is 12.5 Å². The number of benzene rings is 1. The summed E-state index contributed by atoms with van der Waals surface area (Å²) < 4.78 is 26.9. The summed E-state index contributed by atoms with van der Waals surface area (Å²) in [6.07, 6.45) is 0.768. The number of nitrogens with zero attached hydrogens (tertiary/aromatic N) is 2. The molecule has 1 aromatic carbocycles. The lowest BCUT2D eigenvalue weighted by Gasteiger charge is -2.38. The summed E-state index contributed by atoms with van der Waals surface area (Å²) in [7, 11) is 0. The minimum Gasteiger partial charge on any atom is -0.332 e. The zero-order valence-electron chi connectivity index (χ0n) is 12.1. The topological polar surface area (TPSA) is 40.6 Å². The summed E-state index contributed by atoms with van der Waals surface area (Å²) in [6.45, 7) is 3.95. The van der Waals surface area contributed by atoms with Gasteiger partial charge in [0.05, 0.1) is 6.54 Å². The average molecular weight is 296 g/mol. The Kier molecular flexibility index (Phi) is 4.55. The van der Waals surface area contributed by atoms with Gasteiger partial charge in [-0.15, -0.1) is 0 Å². The van der Waals surface area contributed by atoms with Gasteiger partial charge in [-0.3, -0.25) is 9.59 Å². The van der Waals surface area contributed by atoms with Crippen LogP contribution in [0.15, 0.2) is 18.2 Å². The lowest BCUT2D eigenvalue weighted by molar-refractivity contribution is -0.155. The highest BCUT2D eigenvalue weighted by molar-refractivity contribution is 5.94. The van der Waals surface area contributed by atoms with E-state index in [1.54, 1.807) is 6.92 Å². The molecule has 2 amide bonds. The average Bonchev–Trinajstić information content (AvgIpc) is 2.45. The number of carbonyl (C=O) groups excluding carboxylic acids is 2. The normalized spacial score (nSPS) is 19.3. The molecule has 0 saturated carbocycles. The molecule has 1 heterocycles. The molecule has 4 nitrogen and oxygen atoms in total. The van der Waals surface area contributed by atoms with Crippen LogP contribution in [0.1, 0.15) is 25.8 Å². The van der Waals surface area contributed by atoms with E-state index in [0.29, 0.717) is 6.54 Å². The molecule has 1 saturated heterocycles. The number of halogens is 2. The summed E-state index contributed by atoms with van der Waals surface area (Å²) in [4.78, 5) is 27.1. The molecule has 1 fully saturated rings. The summed E-state index contributed by atoms with van der Waals surface area (Å²) in [6, 6.07) is 3.16. The van der Waals surface area contributed by atoms with Crippen molar-refractivity contribution in [2.45, 2.75) is 32.9 Å². The van der Waals surface area contributed by atoms with Crippen LogP contribution in [0.25, 0.3) is 0 Å². The number of hydrogen-bond donors (Lipinski definition) is 0. The smallest absolute Gasteiger partial charge is 0.245 e. The van der Waals surface area contributed by atoms with Crippen molar-refractivity contribution in [1.29, 1.82) is 0 Å². The van der Waals surface area contributed by atoms with E-state index in [4.69, 9.17) is 0 Å². The molecule has 0 radical (unpaired) electrons. The fourth-order valence-corrected chi connectivity index (χ4v) is 2.48. The van der Waals surface area contributed by atoms with Crippen molar-refractivity contribution in [3.63, 3.8) is 0 Å². The lowest BCUT2D eigenvalue weighted by Crippen LogP contribution is -2.58. The van der Waals surface area contributed by atoms with Gasteiger partial charge in [-0.1, -0.05) is 19.1 Å². The molecule has 114 valence electrons. The van der Waals surface area contributed by atoms with Crippen molar-refractivity contribution in [3.05, 3.63) is 35.4 Å². The second-order valence-corrected chi connectivity index (χ2v) is 5.17. The number of amides is 2. The van der Waals surface area contributed by atoms with E-state index >= 15 is 0 Å². The monoisotopic (exact) mass is 296 g/mol. The molecular weight excluding hydrogens is 278 g/mol. The van der Waals surface area contributed by atoms with E-state index in [1.807, 2.05) is 6.92 Å². The molecule has 1 aromatic rings. The first-order valence-electron chi connectivity index (χ1n) is 6.96. The quantitative estimate of drug-likeness (QED) is 0.852. The van der Waals surface area contributed by atoms with Crippen LogP contribution in [0.3, 0.4) is 0 Å². The van der Waals surface area contributed by atoms with Crippen LogP contribution in [0.2, 0.25) is 0 Å². The van der Waals surface area contributed by atoms with E-state index in [2.05, 4.69) is 0 Å². The third-order valence-electron chi connectivity index (χ3n) is 3.65. The minimum absolute atomic E-state index is 0.00600. The SMILES string of the molecule is CCCN1CC(=O)N(Cc2cccc(F)c2F)[C@@H](C)C1=O. The second kappa shape index (κ2) is 6.20. The van der Waals surface area contributed by atoms with Crippen molar-refractivity contribution in [1.82, 2.24) is 9.80 Å². The largest absolute Gasteiger partial charge is 0.332 e. The number of rotatable bonds is 4. The molecule has 0 N–H and O–H groups in total. The second-order valence-electron chi connectivity index (χ2n) is 5.17. The van der Waals surface area contributed by atoms with E-state index in [9.17, 15) is 18.4 Å². The van der Waals surface area contributed by atoms with Crippen molar-refractivity contribution in [2.75, 3.05) is 13.1 Å². The van der Waals surface area contributed by atoms with E-state index < -0.39 is 17.7 Å². The highest BCUT2D eigenvalue weighted by Gasteiger charge is 2.36. The summed E-state index contributed by atoms with van der Waals surface area (Å²) in [5.41, 5.74) is 0.0759. The predicted octanol–water partition coefficient (Wildman–Crippen LogP) is 1.93. The lowest BCUT2D eigenvalue weighted by atomic mass is 10.1. The minimum atomic E-state index is -0.971. The third kappa shape index (κ3) is 3.04. The van der Waals surface area contributed by atoms with Crippen LogP contribution >= 0.6 is 0 Å². The molecule has 2 rings (SSSR count). The molecule has 0 bridgehead atoms. The van der Waals surface area contributed by atoms with E-state index in [-0.39, 0.29) is 30.5 Å². The Balaban J connectivity index is 2.19. The maximum Gasteiger partial charge on any atom is 0.245 e. The van der Waals surface area contributed by atoms with Gasteiger partial charge in [0.15, 0.2) is 11.6 Å². The molecule has 0 aliphatic carbocycles. The maximum atomic E-state index is 13.7. The molecule has 0 aromatic heterocycles. The Bertz CT molecular complexity index is 563. The highest BCUT2D eigenvalue weighted by atomic mass is 19.2. The van der Waals surface area contributed by atoms with Crippen molar-refractivity contribution in [2.24, 2.45) is 0 Å². The van der Waals surface area contributed by atoms with Crippen LogP contribution in [-0.2, 0) is 16.1 Å². The van der Waals surface area contributed by atoms with Crippen LogP contribution in [-0.4, -0.2) is 40.7 Å². The maximum absolute atomic E-state index is 13.7. The standard InChI is InChI=1S/C15H18F2N2O2/c1-3-7-18-9-13(20)19(10(2)15(18)21)8-11-5-4-6-12(16)14(11)17/h4-6,10H,3,7-9H2,1-2H3/t10-/m0/s1. The number of hydrogen-bond acceptors (Lipinski definition) is 2. The molecule has 0 spiro atoms. The Labute approximate surface area is 122 Å². The molecule has 1 aliphatic heterocycles. The molecule has 1 atom stereocenters. The first kappa shape index (κ1) is 15.4. The Morgan fingerprint density at radius 2 is 2.00 bits per heavy atom. The number of piperazine rings is 1. The molecular formula is C15H18F2N2O2. The molecule has 1 aliphatic rings. The molecule has 21 heavy (non-hydrogen) atoms. The first-order valence-corrected chi connectivity index (χ1v) is 6.96. The van der Waals surface area contributed by atoms with Gasteiger partial charge < -0.3 is 9.80 Å².